The van der Waals surface area contributed by atoms with Crippen LogP contribution in [-0.2, 0) is 10.0 Å². The van der Waals surface area contributed by atoms with Crippen molar-refractivity contribution in [2.24, 2.45) is 0 Å². The van der Waals surface area contributed by atoms with Crippen LogP contribution in [0.15, 0.2) is 52.3 Å². The Morgan fingerprint density at radius 1 is 1.08 bits per heavy atom. The molecule has 2 rings (SSSR count). The van der Waals surface area contributed by atoms with Gasteiger partial charge in [-0.2, -0.15) is 0 Å². The summed E-state index contributed by atoms with van der Waals surface area (Å²) in [7, 11) is -3.66. The number of amides is 1. The molecule has 5 nitrogen and oxygen atoms in total. The zero-order valence-electron chi connectivity index (χ0n) is 15.6. The number of anilines is 1. The van der Waals surface area contributed by atoms with Crippen molar-refractivity contribution in [1.29, 1.82) is 0 Å². The van der Waals surface area contributed by atoms with E-state index in [2.05, 4.69) is 10.0 Å². The van der Waals surface area contributed by atoms with Crippen molar-refractivity contribution < 1.29 is 13.2 Å². The summed E-state index contributed by atoms with van der Waals surface area (Å²) >= 11 is 1.56. The van der Waals surface area contributed by atoms with Crippen LogP contribution in [0.5, 0.6) is 0 Å². The van der Waals surface area contributed by atoms with E-state index in [1.54, 1.807) is 44.7 Å². The minimum absolute atomic E-state index is 0.111. The molecule has 0 aliphatic rings. The molecule has 2 aromatic rings. The molecule has 26 heavy (non-hydrogen) atoms. The van der Waals surface area contributed by atoms with Crippen molar-refractivity contribution in [3.63, 3.8) is 0 Å². The van der Waals surface area contributed by atoms with E-state index in [0.717, 1.165) is 10.5 Å². The van der Waals surface area contributed by atoms with Crippen molar-refractivity contribution >= 4 is 33.4 Å². The van der Waals surface area contributed by atoms with Crippen LogP contribution in [0.2, 0.25) is 0 Å². The summed E-state index contributed by atoms with van der Waals surface area (Å²) in [6, 6.07) is 11.9. The van der Waals surface area contributed by atoms with Gasteiger partial charge >= 0.3 is 0 Å². The summed E-state index contributed by atoms with van der Waals surface area (Å²) in [6.07, 6.45) is 1.95. The first-order valence-corrected chi connectivity index (χ1v) is 10.8. The van der Waals surface area contributed by atoms with Gasteiger partial charge in [0.25, 0.3) is 5.91 Å². The Bertz CT molecular complexity index is 917. The molecule has 140 valence electrons. The SMILES string of the molecule is CSc1ccc(C)c(C(=O)Nc2cccc(S(=O)(=O)NC(C)(C)C)c2)c1. The molecule has 0 aliphatic heterocycles. The smallest absolute Gasteiger partial charge is 0.255 e. The third-order valence-corrected chi connectivity index (χ3v) is 6.01. The van der Waals surface area contributed by atoms with E-state index in [-0.39, 0.29) is 10.8 Å². The van der Waals surface area contributed by atoms with E-state index < -0.39 is 15.6 Å². The van der Waals surface area contributed by atoms with Crippen molar-refractivity contribution in [1.82, 2.24) is 4.72 Å². The molecule has 0 radical (unpaired) electrons. The highest BCUT2D eigenvalue weighted by molar-refractivity contribution is 7.98. The Morgan fingerprint density at radius 2 is 1.77 bits per heavy atom. The van der Waals surface area contributed by atoms with Crippen molar-refractivity contribution in [2.45, 2.75) is 43.0 Å². The lowest BCUT2D eigenvalue weighted by Gasteiger charge is -2.20. The standard InChI is InChI=1S/C19H24N2O3S2/c1-13-9-10-15(25-5)12-17(13)18(22)20-14-7-6-8-16(11-14)26(23,24)21-19(2,3)4/h6-12,21H,1-5H3,(H,20,22). The van der Waals surface area contributed by atoms with E-state index in [1.165, 1.54) is 12.1 Å². The lowest BCUT2D eigenvalue weighted by Crippen LogP contribution is -2.40. The molecule has 0 saturated heterocycles. The third kappa shape index (κ3) is 5.33. The number of nitrogens with one attached hydrogen (secondary N) is 2. The van der Waals surface area contributed by atoms with Crippen LogP contribution < -0.4 is 10.0 Å². The van der Waals surface area contributed by atoms with Crippen molar-refractivity contribution in [2.75, 3.05) is 11.6 Å². The zero-order chi connectivity index (χ0) is 19.5. The van der Waals surface area contributed by atoms with Gasteiger partial charge in [-0.25, -0.2) is 13.1 Å². The molecule has 0 unspecified atom stereocenters. The number of sulfonamides is 1. The van der Waals surface area contributed by atoms with Crippen molar-refractivity contribution in [3.05, 3.63) is 53.6 Å². The predicted octanol–water partition coefficient (Wildman–Crippen LogP) is 4.05. The quantitative estimate of drug-likeness (QED) is 0.753. The average molecular weight is 393 g/mol. The fraction of sp³-hybridized carbons (Fsp3) is 0.316. The highest BCUT2D eigenvalue weighted by Crippen LogP contribution is 2.22. The Balaban J connectivity index is 2.28. The van der Waals surface area contributed by atoms with Gasteiger partial charge < -0.3 is 5.32 Å². The highest BCUT2D eigenvalue weighted by Gasteiger charge is 2.22. The number of carbonyl (C=O) groups excluding carboxylic acids is 1. The molecule has 7 heteroatoms. The summed E-state index contributed by atoms with van der Waals surface area (Å²) < 4.78 is 27.5. The summed E-state index contributed by atoms with van der Waals surface area (Å²) in [5.74, 6) is -0.267. The number of carbonyl (C=O) groups is 1. The van der Waals surface area contributed by atoms with Gasteiger partial charge in [-0.15, -0.1) is 11.8 Å². The molecule has 1 amide bonds. The molecule has 0 fully saturated rings. The molecule has 0 spiro atoms. The lowest BCUT2D eigenvalue weighted by atomic mass is 10.1. The first-order valence-electron chi connectivity index (χ1n) is 8.12. The number of hydrogen-bond donors (Lipinski definition) is 2. The van der Waals surface area contributed by atoms with Gasteiger partial charge in [-0.1, -0.05) is 12.1 Å². The van der Waals surface area contributed by atoms with Crippen LogP contribution in [0.3, 0.4) is 0 Å². The second-order valence-electron chi connectivity index (χ2n) is 7.02. The number of benzene rings is 2. The second kappa shape index (κ2) is 7.82. The van der Waals surface area contributed by atoms with Gasteiger partial charge in [0.2, 0.25) is 10.0 Å². The Kier molecular flexibility index (Phi) is 6.16. The van der Waals surface area contributed by atoms with E-state index >= 15 is 0 Å². The minimum Gasteiger partial charge on any atom is -0.322 e. The largest absolute Gasteiger partial charge is 0.322 e. The Labute approximate surface area is 159 Å². The van der Waals surface area contributed by atoms with Gasteiger partial charge in [-0.3, -0.25) is 4.79 Å². The molecular weight excluding hydrogens is 368 g/mol. The summed E-state index contributed by atoms with van der Waals surface area (Å²) in [4.78, 5) is 13.7. The van der Waals surface area contributed by atoms with Crippen LogP contribution in [0.25, 0.3) is 0 Å². The van der Waals surface area contributed by atoms with Gasteiger partial charge in [0, 0.05) is 21.7 Å². The normalized spacial score (nSPS) is 12.0. The summed E-state index contributed by atoms with van der Waals surface area (Å²) in [5.41, 5.74) is 1.27. The number of rotatable bonds is 5. The second-order valence-corrected chi connectivity index (χ2v) is 9.58. The fourth-order valence-electron chi connectivity index (χ4n) is 2.37. The first-order chi connectivity index (χ1) is 12.0. The molecule has 2 N–H and O–H groups in total. The maximum Gasteiger partial charge on any atom is 0.255 e. The average Bonchev–Trinajstić information content (AvgIpc) is 2.53. The Hall–Kier alpha value is -1.83. The van der Waals surface area contributed by atoms with Gasteiger partial charge in [-0.05, 0) is 69.8 Å². The van der Waals surface area contributed by atoms with E-state index in [1.807, 2.05) is 31.4 Å². The number of hydrogen-bond acceptors (Lipinski definition) is 4. The molecule has 0 aromatic heterocycles. The topological polar surface area (TPSA) is 75.3 Å². The van der Waals surface area contributed by atoms with E-state index in [0.29, 0.717) is 11.3 Å². The highest BCUT2D eigenvalue weighted by atomic mass is 32.2. The molecule has 0 heterocycles. The summed E-state index contributed by atoms with van der Waals surface area (Å²) in [5, 5.41) is 2.79. The number of aryl methyl sites for hydroxylation is 1. The van der Waals surface area contributed by atoms with Gasteiger partial charge in [0.05, 0.1) is 4.90 Å². The van der Waals surface area contributed by atoms with E-state index in [9.17, 15) is 13.2 Å². The van der Waals surface area contributed by atoms with Crippen molar-refractivity contribution in [3.8, 4) is 0 Å². The lowest BCUT2D eigenvalue weighted by molar-refractivity contribution is 0.102. The van der Waals surface area contributed by atoms with Crippen LogP contribution in [0.1, 0.15) is 36.7 Å². The van der Waals surface area contributed by atoms with Crippen LogP contribution in [0.4, 0.5) is 5.69 Å². The fourth-order valence-corrected chi connectivity index (χ4v) is 4.28. The third-order valence-electron chi connectivity index (χ3n) is 3.53. The minimum atomic E-state index is -3.66. The van der Waals surface area contributed by atoms with Crippen LogP contribution in [0, 0.1) is 6.92 Å². The Morgan fingerprint density at radius 3 is 2.38 bits per heavy atom. The monoisotopic (exact) mass is 392 g/mol. The number of thioether (sulfide) groups is 1. The van der Waals surface area contributed by atoms with E-state index in [4.69, 9.17) is 0 Å². The summed E-state index contributed by atoms with van der Waals surface area (Å²) in [6.45, 7) is 7.19. The van der Waals surface area contributed by atoms with Crippen LogP contribution in [-0.4, -0.2) is 26.1 Å². The maximum absolute atomic E-state index is 12.6. The van der Waals surface area contributed by atoms with Crippen LogP contribution >= 0.6 is 11.8 Å². The van der Waals surface area contributed by atoms with Gasteiger partial charge in [0.1, 0.15) is 0 Å². The molecule has 0 aliphatic carbocycles. The maximum atomic E-state index is 12.6. The zero-order valence-corrected chi connectivity index (χ0v) is 17.2. The predicted molar refractivity (Wildman–Crippen MR) is 107 cm³/mol. The molecule has 2 aromatic carbocycles. The molecule has 0 atom stereocenters. The molecule has 0 bridgehead atoms. The first kappa shape index (κ1) is 20.5. The molecule has 0 saturated carbocycles. The van der Waals surface area contributed by atoms with Gasteiger partial charge in [0.15, 0.2) is 0 Å². The molecular formula is C19H24N2O3S2.